The molecule has 0 amide bonds. The minimum absolute atomic E-state index is 0.474. The molecule has 11 heavy (non-hydrogen) atoms. The summed E-state index contributed by atoms with van der Waals surface area (Å²) in [6.07, 6.45) is 6.93. The van der Waals surface area contributed by atoms with Crippen LogP contribution in [-0.4, -0.2) is 0 Å². The van der Waals surface area contributed by atoms with Gasteiger partial charge in [0.1, 0.15) is 0 Å². The number of rotatable bonds is 3. The Morgan fingerprint density at radius 1 is 1.27 bits per heavy atom. The SMILES string of the molecule is C/C=C\CCC(C)C(C)(C)C. The van der Waals surface area contributed by atoms with Gasteiger partial charge in [0.2, 0.25) is 0 Å². The molecular formula is C11H22. The van der Waals surface area contributed by atoms with E-state index in [4.69, 9.17) is 0 Å². The molecule has 1 atom stereocenters. The normalized spacial score (nSPS) is 15.7. The van der Waals surface area contributed by atoms with Crippen molar-refractivity contribution < 1.29 is 0 Å². The van der Waals surface area contributed by atoms with Crippen LogP contribution in [0.4, 0.5) is 0 Å². The van der Waals surface area contributed by atoms with Crippen LogP contribution in [0.3, 0.4) is 0 Å². The summed E-state index contributed by atoms with van der Waals surface area (Å²) in [5.41, 5.74) is 0.474. The molecule has 0 aliphatic rings. The standard InChI is InChI=1S/C11H22/c1-6-7-8-9-10(2)11(3,4)5/h6-7,10H,8-9H2,1-5H3/b7-6-. The predicted molar refractivity (Wildman–Crippen MR) is 52.7 cm³/mol. The highest BCUT2D eigenvalue weighted by molar-refractivity contribution is 4.79. The first-order chi connectivity index (χ1) is 4.98. The van der Waals surface area contributed by atoms with Crippen molar-refractivity contribution in [2.24, 2.45) is 11.3 Å². The molecular weight excluding hydrogens is 132 g/mol. The van der Waals surface area contributed by atoms with Gasteiger partial charge in [-0.1, -0.05) is 39.8 Å². The van der Waals surface area contributed by atoms with Crippen molar-refractivity contribution in [2.75, 3.05) is 0 Å². The molecule has 0 aliphatic carbocycles. The van der Waals surface area contributed by atoms with E-state index in [2.05, 4.69) is 46.8 Å². The van der Waals surface area contributed by atoms with Crippen LogP contribution < -0.4 is 0 Å². The Balaban J connectivity index is 3.61. The quantitative estimate of drug-likeness (QED) is 0.538. The summed E-state index contributed by atoms with van der Waals surface area (Å²) < 4.78 is 0. The summed E-state index contributed by atoms with van der Waals surface area (Å²) in [5.74, 6) is 0.818. The second kappa shape index (κ2) is 4.58. The molecule has 0 N–H and O–H groups in total. The lowest BCUT2D eigenvalue weighted by molar-refractivity contribution is 0.248. The van der Waals surface area contributed by atoms with E-state index in [1.807, 2.05) is 0 Å². The maximum atomic E-state index is 2.34. The summed E-state index contributed by atoms with van der Waals surface area (Å²) in [4.78, 5) is 0. The van der Waals surface area contributed by atoms with Gasteiger partial charge in [-0.2, -0.15) is 0 Å². The second-order valence-electron chi connectivity index (χ2n) is 4.41. The van der Waals surface area contributed by atoms with Crippen molar-refractivity contribution in [3.63, 3.8) is 0 Å². The average molecular weight is 154 g/mol. The third-order valence-corrected chi connectivity index (χ3v) is 2.48. The Morgan fingerprint density at radius 3 is 2.18 bits per heavy atom. The minimum Gasteiger partial charge on any atom is -0.0917 e. The van der Waals surface area contributed by atoms with Crippen LogP contribution in [0.25, 0.3) is 0 Å². The zero-order valence-electron chi connectivity index (χ0n) is 8.65. The Bertz CT molecular complexity index is 114. The van der Waals surface area contributed by atoms with Crippen LogP contribution in [0.1, 0.15) is 47.5 Å². The van der Waals surface area contributed by atoms with Gasteiger partial charge in [0.15, 0.2) is 0 Å². The maximum Gasteiger partial charge on any atom is -0.0348 e. The topological polar surface area (TPSA) is 0 Å². The molecule has 0 fully saturated rings. The summed E-state index contributed by atoms with van der Waals surface area (Å²) in [5, 5.41) is 0. The van der Waals surface area contributed by atoms with Crippen molar-refractivity contribution >= 4 is 0 Å². The van der Waals surface area contributed by atoms with E-state index in [9.17, 15) is 0 Å². The van der Waals surface area contributed by atoms with Gasteiger partial charge < -0.3 is 0 Å². The third kappa shape index (κ3) is 5.06. The highest BCUT2D eigenvalue weighted by Gasteiger charge is 2.18. The molecule has 66 valence electrons. The number of hydrogen-bond donors (Lipinski definition) is 0. The van der Waals surface area contributed by atoms with E-state index in [0.29, 0.717) is 5.41 Å². The molecule has 0 spiro atoms. The Hall–Kier alpha value is -0.260. The molecule has 0 bridgehead atoms. The van der Waals surface area contributed by atoms with Gasteiger partial charge in [-0.25, -0.2) is 0 Å². The van der Waals surface area contributed by atoms with Crippen molar-refractivity contribution in [1.29, 1.82) is 0 Å². The molecule has 0 aromatic carbocycles. The first-order valence-electron chi connectivity index (χ1n) is 4.59. The fourth-order valence-corrected chi connectivity index (χ4v) is 0.946. The van der Waals surface area contributed by atoms with Gasteiger partial charge in [-0.15, -0.1) is 0 Å². The van der Waals surface area contributed by atoms with Crippen molar-refractivity contribution in [2.45, 2.75) is 47.5 Å². The predicted octanol–water partition coefficient (Wildman–Crippen LogP) is 4.02. The van der Waals surface area contributed by atoms with Crippen LogP contribution in [0.15, 0.2) is 12.2 Å². The van der Waals surface area contributed by atoms with Gasteiger partial charge in [-0.3, -0.25) is 0 Å². The van der Waals surface area contributed by atoms with E-state index in [-0.39, 0.29) is 0 Å². The van der Waals surface area contributed by atoms with E-state index >= 15 is 0 Å². The first-order valence-corrected chi connectivity index (χ1v) is 4.59. The molecule has 0 heterocycles. The zero-order valence-corrected chi connectivity index (χ0v) is 8.65. The Labute approximate surface area is 71.7 Å². The van der Waals surface area contributed by atoms with E-state index < -0.39 is 0 Å². The van der Waals surface area contributed by atoms with Crippen molar-refractivity contribution in [1.82, 2.24) is 0 Å². The highest BCUT2D eigenvalue weighted by atomic mass is 14.2. The minimum atomic E-state index is 0.474. The summed E-state index contributed by atoms with van der Waals surface area (Å²) >= 11 is 0. The fourth-order valence-electron chi connectivity index (χ4n) is 0.946. The molecule has 0 saturated heterocycles. The molecule has 0 heteroatoms. The number of allylic oxidation sites excluding steroid dienone is 2. The number of hydrogen-bond acceptors (Lipinski definition) is 0. The van der Waals surface area contributed by atoms with Gasteiger partial charge in [-0.05, 0) is 31.1 Å². The Kier molecular flexibility index (Phi) is 4.48. The largest absolute Gasteiger partial charge is 0.0917 e. The van der Waals surface area contributed by atoms with E-state index in [0.717, 1.165) is 5.92 Å². The fraction of sp³-hybridized carbons (Fsp3) is 0.818. The smallest absolute Gasteiger partial charge is 0.0348 e. The van der Waals surface area contributed by atoms with Gasteiger partial charge in [0.05, 0.1) is 0 Å². The molecule has 0 aromatic heterocycles. The average Bonchev–Trinajstić information content (AvgIpc) is 1.86. The monoisotopic (exact) mass is 154 g/mol. The van der Waals surface area contributed by atoms with Gasteiger partial charge in [0, 0.05) is 0 Å². The summed E-state index contributed by atoms with van der Waals surface area (Å²) in [6, 6.07) is 0. The van der Waals surface area contributed by atoms with Crippen molar-refractivity contribution in [3.8, 4) is 0 Å². The summed E-state index contributed by atoms with van der Waals surface area (Å²) in [7, 11) is 0. The van der Waals surface area contributed by atoms with Crippen LogP contribution in [0.2, 0.25) is 0 Å². The molecule has 0 saturated carbocycles. The summed E-state index contributed by atoms with van der Waals surface area (Å²) in [6.45, 7) is 11.4. The maximum absolute atomic E-state index is 2.34. The van der Waals surface area contributed by atoms with Gasteiger partial charge >= 0.3 is 0 Å². The second-order valence-corrected chi connectivity index (χ2v) is 4.41. The molecule has 0 rings (SSSR count). The van der Waals surface area contributed by atoms with Gasteiger partial charge in [0.25, 0.3) is 0 Å². The molecule has 1 unspecified atom stereocenters. The lowest BCUT2D eigenvalue weighted by Gasteiger charge is -2.26. The third-order valence-electron chi connectivity index (χ3n) is 2.48. The highest BCUT2D eigenvalue weighted by Crippen LogP contribution is 2.28. The van der Waals surface area contributed by atoms with Crippen molar-refractivity contribution in [3.05, 3.63) is 12.2 Å². The van der Waals surface area contributed by atoms with E-state index in [1.54, 1.807) is 0 Å². The first kappa shape index (κ1) is 10.7. The molecule has 0 aromatic rings. The van der Waals surface area contributed by atoms with Crippen LogP contribution >= 0.6 is 0 Å². The molecule has 0 radical (unpaired) electrons. The lowest BCUT2D eigenvalue weighted by Crippen LogP contribution is -2.16. The van der Waals surface area contributed by atoms with Crippen LogP contribution in [-0.2, 0) is 0 Å². The molecule has 0 aliphatic heterocycles. The van der Waals surface area contributed by atoms with Crippen LogP contribution in [0, 0.1) is 11.3 Å². The molecule has 0 nitrogen and oxygen atoms in total. The lowest BCUT2D eigenvalue weighted by atomic mass is 9.79. The van der Waals surface area contributed by atoms with Crippen LogP contribution in [0.5, 0.6) is 0 Å². The zero-order chi connectivity index (χ0) is 8.91. The Morgan fingerprint density at radius 2 is 1.82 bits per heavy atom. The van der Waals surface area contributed by atoms with E-state index in [1.165, 1.54) is 12.8 Å².